The van der Waals surface area contributed by atoms with Crippen molar-refractivity contribution in [2.24, 2.45) is 5.92 Å². The van der Waals surface area contributed by atoms with Crippen molar-refractivity contribution in [1.82, 2.24) is 5.32 Å². The van der Waals surface area contributed by atoms with Crippen LogP contribution in [-0.4, -0.2) is 22.5 Å². The van der Waals surface area contributed by atoms with Crippen LogP contribution in [0.25, 0.3) is 0 Å². The third kappa shape index (κ3) is 2.99. The fraction of sp³-hybridized carbons (Fsp3) is 0.846. The van der Waals surface area contributed by atoms with Crippen LogP contribution in [0, 0.1) is 5.92 Å². The highest BCUT2D eigenvalue weighted by Gasteiger charge is 2.52. The fourth-order valence-corrected chi connectivity index (χ4v) is 2.57. The molecule has 0 radical (unpaired) electrons. The summed E-state index contributed by atoms with van der Waals surface area (Å²) in [6.45, 7) is 0. The van der Waals surface area contributed by atoms with E-state index in [2.05, 4.69) is 5.32 Å². The van der Waals surface area contributed by atoms with Crippen LogP contribution in [0.15, 0.2) is 0 Å². The first-order valence-corrected chi connectivity index (χ1v) is 6.69. The molecule has 2 saturated carbocycles. The average molecular weight is 239 g/mol. The molecular formula is C13H21NO3. The van der Waals surface area contributed by atoms with Crippen LogP contribution < -0.4 is 5.32 Å². The number of aliphatic carboxylic acids is 1. The molecule has 0 aromatic rings. The van der Waals surface area contributed by atoms with Gasteiger partial charge in [-0.3, -0.25) is 4.79 Å². The Bertz CT molecular complexity index is 302. The van der Waals surface area contributed by atoms with Gasteiger partial charge in [0.1, 0.15) is 5.54 Å². The van der Waals surface area contributed by atoms with Crippen molar-refractivity contribution in [3.8, 4) is 0 Å². The van der Waals surface area contributed by atoms with Gasteiger partial charge in [-0.1, -0.05) is 32.1 Å². The largest absolute Gasteiger partial charge is 0.480 e. The van der Waals surface area contributed by atoms with Crippen molar-refractivity contribution in [2.75, 3.05) is 0 Å². The Balaban J connectivity index is 1.87. The highest BCUT2D eigenvalue weighted by atomic mass is 16.4. The van der Waals surface area contributed by atoms with E-state index in [1.54, 1.807) is 0 Å². The molecule has 0 aromatic heterocycles. The molecule has 0 bridgehead atoms. The summed E-state index contributed by atoms with van der Waals surface area (Å²) in [5.41, 5.74) is -0.917. The van der Waals surface area contributed by atoms with Crippen LogP contribution in [0.3, 0.4) is 0 Å². The van der Waals surface area contributed by atoms with E-state index in [0.717, 1.165) is 25.7 Å². The number of amides is 1. The number of carbonyl (C=O) groups is 2. The minimum absolute atomic E-state index is 0.0344. The number of carboxylic acids is 1. The molecule has 0 aromatic carbocycles. The standard InChI is InChI=1S/C13H21NO3/c15-11(14-13(8-9-13)12(16)17)10-6-4-2-1-3-5-7-10/h10H,1-9H2,(H,14,15)(H,16,17). The van der Waals surface area contributed by atoms with E-state index >= 15 is 0 Å². The van der Waals surface area contributed by atoms with Gasteiger partial charge in [-0.25, -0.2) is 4.79 Å². The van der Waals surface area contributed by atoms with Gasteiger partial charge < -0.3 is 10.4 Å². The van der Waals surface area contributed by atoms with E-state index in [1.165, 1.54) is 19.3 Å². The average Bonchev–Trinajstić information content (AvgIpc) is 2.97. The molecule has 0 aliphatic heterocycles. The molecule has 17 heavy (non-hydrogen) atoms. The number of nitrogens with one attached hydrogen (secondary N) is 1. The summed E-state index contributed by atoms with van der Waals surface area (Å²) in [4.78, 5) is 23.1. The molecular weight excluding hydrogens is 218 g/mol. The van der Waals surface area contributed by atoms with Gasteiger partial charge in [0.05, 0.1) is 0 Å². The molecule has 2 fully saturated rings. The maximum Gasteiger partial charge on any atom is 0.329 e. The Morgan fingerprint density at radius 2 is 1.53 bits per heavy atom. The lowest BCUT2D eigenvalue weighted by Gasteiger charge is -2.21. The van der Waals surface area contributed by atoms with Crippen LogP contribution in [-0.2, 0) is 9.59 Å². The summed E-state index contributed by atoms with van der Waals surface area (Å²) in [7, 11) is 0. The molecule has 4 heteroatoms. The summed E-state index contributed by atoms with van der Waals surface area (Å²) >= 11 is 0. The van der Waals surface area contributed by atoms with Crippen molar-refractivity contribution in [3.63, 3.8) is 0 Å². The first-order valence-electron chi connectivity index (χ1n) is 6.69. The number of hydrogen-bond acceptors (Lipinski definition) is 2. The Labute approximate surface area is 102 Å². The zero-order valence-corrected chi connectivity index (χ0v) is 10.2. The van der Waals surface area contributed by atoms with Crippen LogP contribution in [0.5, 0.6) is 0 Å². The summed E-state index contributed by atoms with van der Waals surface area (Å²) in [6.07, 6.45) is 8.87. The first-order chi connectivity index (χ1) is 8.14. The van der Waals surface area contributed by atoms with Gasteiger partial charge >= 0.3 is 5.97 Å². The zero-order valence-electron chi connectivity index (χ0n) is 10.2. The highest BCUT2D eigenvalue weighted by Crippen LogP contribution is 2.36. The molecule has 0 saturated heterocycles. The minimum atomic E-state index is -0.917. The molecule has 0 spiro atoms. The van der Waals surface area contributed by atoms with Gasteiger partial charge in [0, 0.05) is 5.92 Å². The molecule has 2 N–H and O–H groups in total. The second-order valence-electron chi connectivity index (χ2n) is 5.42. The summed E-state index contributed by atoms with van der Waals surface area (Å²) in [5, 5.41) is 11.8. The smallest absolute Gasteiger partial charge is 0.329 e. The van der Waals surface area contributed by atoms with E-state index in [0.29, 0.717) is 12.8 Å². The molecule has 2 aliphatic carbocycles. The lowest BCUT2D eigenvalue weighted by molar-refractivity contribution is -0.143. The molecule has 96 valence electrons. The van der Waals surface area contributed by atoms with E-state index in [4.69, 9.17) is 5.11 Å². The topological polar surface area (TPSA) is 66.4 Å². The van der Waals surface area contributed by atoms with Crippen molar-refractivity contribution < 1.29 is 14.7 Å². The van der Waals surface area contributed by atoms with Gasteiger partial charge in [0.2, 0.25) is 5.91 Å². The van der Waals surface area contributed by atoms with Gasteiger partial charge in [0.25, 0.3) is 0 Å². The quantitative estimate of drug-likeness (QED) is 0.792. The Hall–Kier alpha value is -1.06. The van der Waals surface area contributed by atoms with E-state index in [9.17, 15) is 9.59 Å². The van der Waals surface area contributed by atoms with E-state index < -0.39 is 11.5 Å². The van der Waals surface area contributed by atoms with Gasteiger partial charge in [-0.2, -0.15) is 0 Å². The summed E-state index contributed by atoms with van der Waals surface area (Å²) < 4.78 is 0. The molecule has 0 atom stereocenters. The molecule has 1 amide bonds. The van der Waals surface area contributed by atoms with Crippen LogP contribution in [0.4, 0.5) is 0 Å². The SMILES string of the molecule is O=C(NC1(C(=O)O)CC1)C1CCCCCCC1. The third-order valence-electron chi connectivity index (χ3n) is 4.00. The summed E-state index contributed by atoms with van der Waals surface area (Å²) in [5.74, 6) is -0.879. The molecule has 4 nitrogen and oxygen atoms in total. The van der Waals surface area contributed by atoms with Crippen LogP contribution in [0.2, 0.25) is 0 Å². The second-order valence-corrected chi connectivity index (χ2v) is 5.42. The number of carbonyl (C=O) groups excluding carboxylic acids is 1. The van der Waals surface area contributed by atoms with Crippen molar-refractivity contribution in [2.45, 2.75) is 63.3 Å². The lowest BCUT2D eigenvalue weighted by Crippen LogP contribution is -2.45. The normalized spacial score (nSPS) is 24.5. The van der Waals surface area contributed by atoms with Crippen LogP contribution in [0.1, 0.15) is 57.8 Å². The molecule has 0 heterocycles. The summed E-state index contributed by atoms with van der Waals surface area (Å²) in [6, 6.07) is 0. The van der Waals surface area contributed by atoms with Crippen molar-refractivity contribution >= 4 is 11.9 Å². The Kier molecular flexibility index (Phi) is 3.69. The van der Waals surface area contributed by atoms with Crippen molar-refractivity contribution in [1.29, 1.82) is 0 Å². The van der Waals surface area contributed by atoms with Gasteiger partial charge in [0.15, 0.2) is 0 Å². The predicted molar refractivity (Wildman–Crippen MR) is 63.6 cm³/mol. The highest BCUT2D eigenvalue weighted by molar-refractivity contribution is 5.90. The van der Waals surface area contributed by atoms with E-state index in [-0.39, 0.29) is 11.8 Å². The molecule has 0 unspecified atom stereocenters. The maximum atomic E-state index is 12.0. The Morgan fingerprint density at radius 3 is 2.00 bits per heavy atom. The Morgan fingerprint density at radius 1 is 1.00 bits per heavy atom. The van der Waals surface area contributed by atoms with Gasteiger partial charge in [-0.05, 0) is 25.7 Å². The monoisotopic (exact) mass is 239 g/mol. The first kappa shape index (κ1) is 12.4. The van der Waals surface area contributed by atoms with E-state index in [1.807, 2.05) is 0 Å². The van der Waals surface area contributed by atoms with Crippen LogP contribution >= 0.6 is 0 Å². The number of carboxylic acid groups (broad SMARTS) is 1. The number of rotatable bonds is 3. The zero-order chi connectivity index (χ0) is 12.3. The maximum absolute atomic E-state index is 12.0. The third-order valence-corrected chi connectivity index (χ3v) is 4.00. The molecule has 2 aliphatic rings. The lowest BCUT2D eigenvalue weighted by atomic mass is 9.90. The fourth-order valence-electron chi connectivity index (χ4n) is 2.57. The minimum Gasteiger partial charge on any atom is -0.480 e. The number of hydrogen-bond donors (Lipinski definition) is 2. The van der Waals surface area contributed by atoms with Gasteiger partial charge in [-0.15, -0.1) is 0 Å². The van der Waals surface area contributed by atoms with Crippen molar-refractivity contribution in [3.05, 3.63) is 0 Å². The predicted octanol–water partition coefficient (Wildman–Crippen LogP) is 2.08. The molecule has 2 rings (SSSR count). The second kappa shape index (κ2) is 5.07.